The maximum atomic E-state index is 12.5. The van der Waals surface area contributed by atoms with Gasteiger partial charge in [0.25, 0.3) is 15.8 Å². The van der Waals surface area contributed by atoms with Crippen molar-refractivity contribution in [2.45, 2.75) is 28.9 Å². The van der Waals surface area contributed by atoms with Crippen LogP contribution in [0.15, 0.2) is 58.3 Å². The predicted octanol–water partition coefficient (Wildman–Crippen LogP) is 4.36. The van der Waals surface area contributed by atoms with E-state index in [1.807, 2.05) is 6.92 Å². The van der Waals surface area contributed by atoms with E-state index in [-0.39, 0.29) is 15.5 Å². The second-order valence-electron chi connectivity index (χ2n) is 4.48. The van der Waals surface area contributed by atoms with Crippen molar-refractivity contribution in [1.82, 2.24) is 0 Å². The molecule has 2 aromatic carbocycles. The van der Waals surface area contributed by atoms with Crippen molar-refractivity contribution in [2.24, 2.45) is 0 Å². The number of nitrogens with one attached hydrogen (secondary N) is 1. The van der Waals surface area contributed by atoms with Gasteiger partial charge in [-0.25, -0.2) is 8.42 Å². The minimum atomic E-state index is -3.80. The number of benzene rings is 2. The Hall–Kier alpha value is -1.60. The number of anilines is 1. The van der Waals surface area contributed by atoms with Crippen LogP contribution in [0.5, 0.6) is 0 Å². The van der Waals surface area contributed by atoms with Crippen molar-refractivity contribution in [3.63, 3.8) is 0 Å². The molecule has 1 N–H and O–H groups in total. The van der Waals surface area contributed by atoms with Gasteiger partial charge < -0.3 is 0 Å². The highest BCUT2D eigenvalue weighted by molar-refractivity contribution is 7.99. The number of sulfonamides is 1. The topological polar surface area (TPSA) is 46.2 Å². The Bertz CT molecular complexity index is 731. The van der Waals surface area contributed by atoms with Gasteiger partial charge in [0, 0.05) is 4.90 Å². The highest BCUT2D eigenvalue weighted by Crippen LogP contribution is 2.32. The summed E-state index contributed by atoms with van der Waals surface area (Å²) in [6.07, 6.45) is 0.807. The van der Waals surface area contributed by atoms with Crippen LogP contribution in [0.25, 0.3) is 0 Å². The smallest absolute Gasteiger partial charge is 0.278 e. The highest BCUT2D eigenvalue weighted by atomic mass is 32.2. The van der Waals surface area contributed by atoms with E-state index >= 15 is 0 Å². The third-order valence-corrected chi connectivity index (χ3v) is 5.16. The lowest BCUT2D eigenvalue weighted by atomic mass is 10.2. The zero-order valence-corrected chi connectivity index (χ0v) is 13.4. The molecule has 7 heteroatoms. The molecule has 0 aliphatic rings. The molecule has 0 unspecified atom stereocenters. The number of rotatable bonds is 6. The van der Waals surface area contributed by atoms with Gasteiger partial charge in [-0.2, -0.15) is 8.78 Å². The van der Waals surface area contributed by atoms with E-state index in [9.17, 15) is 17.2 Å². The first-order valence-electron chi connectivity index (χ1n) is 6.58. The van der Waals surface area contributed by atoms with Gasteiger partial charge in [-0.15, -0.1) is 0 Å². The molecule has 0 bridgehead atoms. The van der Waals surface area contributed by atoms with E-state index < -0.39 is 15.8 Å². The summed E-state index contributed by atoms with van der Waals surface area (Å²) in [6, 6.07) is 12.6. The molecule has 118 valence electrons. The molecular weight excluding hydrogens is 328 g/mol. The molecule has 0 saturated carbocycles. The first kappa shape index (κ1) is 16.8. The summed E-state index contributed by atoms with van der Waals surface area (Å²) < 4.78 is 52.1. The fourth-order valence-corrected chi connectivity index (χ4v) is 3.60. The van der Waals surface area contributed by atoms with E-state index in [1.165, 1.54) is 24.3 Å². The molecule has 3 nitrogen and oxygen atoms in total. The van der Waals surface area contributed by atoms with Crippen molar-refractivity contribution >= 4 is 27.5 Å². The van der Waals surface area contributed by atoms with Crippen LogP contribution in [-0.2, 0) is 16.4 Å². The highest BCUT2D eigenvalue weighted by Gasteiger charge is 2.17. The Kier molecular flexibility index (Phi) is 5.42. The third kappa shape index (κ3) is 4.20. The van der Waals surface area contributed by atoms with E-state index in [1.54, 1.807) is 24.3 Å². The number of hydrogen-bond acceptors (Lipinski definition) is 3. The van der Waals surface area contributed by atoms with Gasteiger partial charge in [0.2, 0.25) is 0 Å². The van der Waals surface area contributed by atoms with Crippen molar-refractivity contribution in [2.75, 3.05) is 4.72 Å². The van der Waals surface area contributed by atoms with Crippen LogP contribution in [-0.4, -0.2) is 14.2 Å². The van der Waals surface area contributed by atoms with Crippen molar-refractivity contribution in [3.05, 3.63) is 54.1 Å². The largest absolute Gasteiger partial charge is 0.288 e. The lowest BCUT2D eigenvalue weighted by Gasteiger charge is -2.12. The zero-order chi connectivity index (χ0) is 16.2. The molecule has 22 heavy (non-hydrogen) atoms. The SMILES string of the molecule is CCc1ccc(S(=O)(=O)Nc2ccccc2SC(F)F)cc1. The van der Waals surface area contributed by atoms with Crippen LogP contribution in [0.2, 0.25) is 0 Å². The van der Waals surface area contributed by atoms with Crippen LogP contribution in [0.1, 0.15) is 12.5 Å². The van der Waals surface area contributed by atoms with Crippen LogP contribution in [0.3, 0.4) is 0 Å². The first-order valence-corrected chi connectivity index (χ1v) is 8.94. The zero-order valence-electron chi connectivity index (χ0n) is 11.8. The second kappa shape index (κ2) is 7.11. The van der Waals surface area contributed by atoms with Gasteiger partial charge in [0.05, 0.1) is 10.6 Å². The average molecular weight is 343 g/mol. The number of para-hydroxylation sites is 1. The fraction of sp³-hybridized carbons (Fsp3) is 0.200. The number of halogens is 2. The summed E-state index contributed by atoms with van der Waals surface area (Å²) in [5, 5.41) is 0. The number of thioether (sulfide) groups is 1. The Labute approximate surface area is 132 Å². The van der Waals surface area contributed by atoms with Crippen LogP contribution >= 0.6 is 11.8 Å². The van der Waals surface area contributed by atoms with Gasteiger partial charge in [0.1, 0.15) is 0 Å². The summed E-state index contributed by atoms with van der Waals surface area (Å²) >= 11 is 0.307. The predicted molar refractivity (Wildman–Crippen MR) is 84.9 cm³/mol. The van der Waals surface area contributed by atoms with Gasteiger partial charge in [-0.1, -0.05) is 43.0 Å². The molecule has 0 aromatic heterocycles. The fourth-order valence-electron chi connectivity index (χ4n) is 1.86. The Balaban J connectivity index is 2.28. The molecule has 0 heterocycles. The lowest BCUT2D eigenvalue weighted by Crippen LogP contribution is -2.13. The molecule has 0 aliphatic heterocycles. The summed E-state index contributed by atoms with van der Waals surface area (Å²) in [6.45, 7) is 1.97. The van der Waals surface area contributed by atoms with E-state index in [2.05, 4.69) is 4.72 Å². The van der Waals surface area contributed by atoms with Crippen molar-refractivity contribution in [3.8, 4) is 0 Å². The maximum absolute atomic E-state index is 12.5. The summed E-state index contributed by atoms with van der Waals surface area (Å²) in [5.41, 5.74) is 1.17. The Morgan fingerprint density at radius 3 is 2.32 bits per heavy atom. The van der Waals surface area contributed by atoms with Gasteiger partial charge in [-0.05, 0) is 36.2 Å². The van der Waals surface area contributed by atoms with Crippen LogP contribution in [0.4, 0.5) is 14.5 Å². The Morgan fingerprint density at radius 2 is 1.73 bits per heavy atom. The average Bonchev–Trinajstić information content (AvgIpc) is 2.48. The van der Waals surface area contributed by atoms with E-state index in [4.69, 9.17) is 0 Å². The summed E-state index contributed by atoms with van der Waals surface area (Å²) in [4.78, 5) is 0.285. The number of alkyl halides is 2. The molecular formula is C15H15F2NO2S2. The monoisotopic (exact) mass is 343 g/mol. The molecule has 0 atom stereocenters. The first-order chi connectivity index (χ1) is 10.4. The molecule has 0 amide bonds. The van der Waals surface area contributed by atoms with Crippen molar-refractivity contribution < 1.29 is 17.2 Å². The van der Waals surface area contributed by atoms with Gasteiger partial charge in [0.15, 0.2) is 0 Å². The van der Waals surface area contributed by atoms with E-state index in [0.717, 1.165) is 12.0 Å². The normalized spacial score (nSPS) is 11.6. The molecule has 0 saturated heterocycles. The third-order valence-electron chi connectivity index (χ3n) is 2.99. The lowest BCUT2D eigenvalue weighted by molar-refractivity contribution is 0.252. The Morgan fingerprint density at radius 1 is 1.09 bits per heavy atom. The number of hydrogen-bond donors (Lipinski definition) is 1. The molecule has 0 aliphatic carbocycles. The molecule has 0 fully saturated rings. The minimum Gasteiger partial charge on any atom is -0.278 e. The van der Waals surface area contributed by atoms with Crippen LogP contribution < -0.4 is 4.72 Å². The number of aryl methyl sites for hydroxylation is 1. The molecule has 2 rings (SSSR count). The minimum absolute atomic E-state index is 0.0987. The quantitative estimate of drug-likeness (QED) is 0.793. The molecule has 0 spiro atoms. The van der Waals surface area contributed by atoms with Crippen molar-refractivity contribution in [1.29, 1.82) is 0 Å². The van der Waals surface area contributed by atoms with Crippen LogP contribution in [0, 0.1) is 0 Å². The summed E-state index contributed by atoms with van der Waals surface area (Å²) in [7, 11) is -3.80. The van der Waals surface area contributed by atoms with Gasteiger partial charge >= 0.3 is 0 Å². The summed E-state index contributed by atoms with van der Waals surface area (Å²) in [5.74, 6) is -2.62. The van der Waals surface area contributed by atoms with E-state index in [0.29, 0.717) is 11.8 Å². The van der Waals surface area contributed by atoms with Gasteiger partial charge in [-0.3, -0.25) is 4.72 Å². The molecule has 0 radical (unpaired) electrons. The molecule has 2 aromatic rings. The standard InChI is InChI=1S/C15H15F2NO2S2/c1-2-11-7-9-12(10-8-11)22(19,20)18-13-5-3-4-6-14(13)21-15(16)17/h3-10,15,18H,2H2,1H3. The maximum Gasteiger partial charge on any atom is 0.288 e. The second-order valence-corrected chi connectivity index (χ2v) is 7.19.